The molecule has 0 saturated carbocycles. The SMILES string of the molecule is CN1CC(=O)Nc2cc(F)ccc21. The molecule has 1 aliphatic rings. The molecule has 1 aliphatic heterocycles. The summed E-state index contributed by atoms with van der Waals surface area (Å²) in [6, 6.07) is 4.36. The summed E-state index contributed by atoms with van der Waals surface area (Å²) in [6.45, 7) is 0.318. The van der Waals surface area contributed by atoms with Gasteiger partial charge >= 0.3 is 0 Å². The summed E-state index contributed by atoms with van der Waals surface area (Å²) in [5.41, 5.74) is 1.39. The zero-order valence-electron chi connectivity index (χ0n) is 7.17. The maximum Gasteiger partial charge on any atom is 0.243 e. The zero-order chi connectivity index (χ0) is 9.42. The van der Waals surface area contributed by atoms with E-state index in [9.17, 15) is 9.18 Å². The molecule has 0 spiro atoms. The van der Waals surface area contributed by atoms with E-state index in [0.29, 0.717) is 12.2 Å². The molecule has 1 aromatic rings. The van der Waals surface area contributed by atoms with Crippen LogP contribution in [0.25, 0.3) is 0 Å². The van der Waals surface area contributed by atoms with Crippen molar-refractivity contribution in [3.05, 3.63) is 24.0 Å². The number of fused-ring (bicyclic) bond motifs is 1. The van der Waals surface area contributed by atoms with E-state index in [1.165, 1.54) is 12.1 Å². The molecule has 13 heavy (non-hydrogen) atoms. The fourth-order valence-electron chi connectivity index (χ4n) is 1.43. The normalized spacial score (nSPS) is 15.2. The summed E-state index contributed by atoms with van der Waals surface area (Å²) in [7, 11) is 1.80. The van der Waals surface area contributed by atoms with Gasteiger partial charge in [-0.2, -0.15) is 0 Å². The number of carbonyl (C=O) groups excluding carboxylic acids is 1. The molecule has 1 amide bonds. The Labute approximate surface area is 75.2 Å². The number of rotatable bonds is 0. The minimum absolute atomic E-state index is 0.111. The minimum atomic E-state index is -0.339. The lowest BCUT2D eigenvalue weighted by atomic mass is 10.2. The Hall–Kier alpha value is -1.58. The van der Waals surface area contributed by atoms with Crippen molar-refractivity contribution in [2.75, 3.05) is 23.8 Å². The van der Waals surface area contributed by atoms with Crippen LogP contribution in [0.4, 0.5) is 15.8 Å². The Bertz CT molecular complexity index is 365. The van der Waals surface area contributed by atoms with Crippen molar-refractivity contribution in [2.24, 2.45) is 0 Å². The first-order valence-corrected chi connectivity index (χ1v) is 3.97. The second-order valence-electron chi connectivity index (χ2n) is 3.07. The van der Waals surface area contributed by atoms with Crippen molar-refractivity contribution in [3.8, 4) is 0 Å². The number of benzene rings is 1. The van der Waals surface area contributed by atoms with E-state index in [1.807, 2.05) is 0 Å². The molecule has 3 nitrogen and oxygen atoms in total. The third-order valence-electron chi connectivity index (χ3n) is 2.02. The fourth-order valence-corrected chi connectivity index (χ4v) is 1.43. The van der Waals surface area contributed by atoms with Gasteiger partial charge in [0.2, 0.25) is 5.91 Å². The number of carbonyl (C=O) groups is 1. The van der Waals surface area contributed by atoms with Crippen molar-refractivity contribution in [2.45, 2.75) is 0 Å². The van der Waals surface area contributed by atoms with Gasteiger partial charge in [0.15, 0.2) is 0 Å². The van der Waals surface area contributed by atoms with Crippen LogP contribution in [-0.2, 0) is 4.79 Å². The van der Waals surface area contributed by atoms with Crippen molar-refractivity contribution < 1.29 is 9.18 Å². The molecule has 0 atom stereocenters. The highest BCUT2D eigenvalue weighted by molar-refractivity contribution is 6.00. The number of nitrogens with one attached hydrogen (secondary N) is 1. The first kappa shape index (κ1) is 8.04. The lowest BCUT2D eigenvalue weighted by molar-refractivity contribution is -0.115. The molecular weight excluding hydrogens is 171 g/mol. The van der Waals surface area contributed by atoms with Crippen LogP contribution in [0.2, 0.25) is 0 Å². The van der Waals surface area contributed by atoms with Crippen LogP contribution >= 0.6 is 0 Å². The van der Waals surface area contributed by atoms with E-state index in [1.54, 1.807) is 18.0 Å². The number of hydrogen-bond donors (Lipinski definition) is 1. The highest BCUT2D eigenvalue weighted by atomic mass is 19.1. The summed E-state index contributed by atoms with van der Waals surface area (Å²) < 4.78 is 12.8. The van der Waals surface area contributed by atoms with Crippen molar-refractivity contribution >= 4 is 17.3 Å². The van der Waals surface area contributed by atoms with Gasteiger partial charge in [-0.1, -0.05) is 0 Å². The number of anilines is 2. The van der Waals surface area contributed by atoms with Gasteiger partial charge in [-0.05, 0) is 18.2 Å². The molecule has 0 aromatic heterocycles. The van der Waals surface area contributed by atoms with Gasteiger partial charge in [0, 0.05) is 7.05 Å². The van der Waals surface area contributed by atoms with Crippen molar-refractivity contribution in [1.82, 2.24) is 0 Å². The van der Waals surface area contributed by atoms with E-state index in [2.05, 4.69) is 5.32 Å². The van der Waals surface area contributed by atoms with Gasteiger partial charge in [0.05, 0.1) is 17.9 Å². The summed E-state index contributed by atoms with van der Waals surface area (Å²) in [6.07, 6.45) is 0. The van der Waals surface area contributed by atoms with Crippen LogP contribution < -0.4 is 10.2 Å². The number of nitrogens with zero attached hydrogens (tertiary/aromatic N) is 1. The lowest BCUT2D eigenvalue weighted by Crippen LogP contribution is -2.35. The Balaban J connectivity index is 2.49. The first-order valence-electron chi connectivity index (χ1n) is 3.97. The van der Waals surface area contributed by atoms with Gasteiger partial charge in [0.1, 0.15) is 5.82 Å². The molecule has 1 N–H and O–H groups in total. The fraction of sp³-hybridized carbons (Fsp3) is 0.222. The summed E-state index contributed by atoms with van der Waals surface area (Å²) in [4.78, 5) is 12.9. The Morgan fingerprint density at radius 1 is 1.54 bits per heavy atom. The molecule has 1 aromatic carbocycles. The quantitative estimate of drug-likeness (QED) is 0.651. The van der Waals surface area contributed by atoms with E-state index in [0.717, 1.165) is 5.69 Å². The topological polar surface area (TPSA) is 32.3 Å². The zero-order valence-corrected chi connectivity index (χ0v) is 7.17. The standard InChI is InChI=1S/C9H9FN2O/c1-12-5-9(13)11-7-4-6(10)2-3-8(7)12/h2-4H,5H2,1H3,(H,11,13). The summed E-state index contributed by atoms with van der Waals surface area (Å²) >= 11 is 0. The summed E-state index contributed by atoms with van der Waals surface area (Å²) in [5.74, 6) is -0.449. The number of amides is 1. The Morgan fingerprint density at radius 3 is 3.08 bits per heavy atom. The van der Waals surface area contributed by atoms with E-state index in [4.69, 9.17) is 0 Å². The van der Waals surface area contributed by atoms with E-state index in [-0.39, 0.29) is 11.7 Å². The van der Waals surface area contributed by atoms with Crippen LogP contribution in [0.5, 0.6) is 0 Å². The molecule has 4 heteroatoms. The smallest absolute Gasteiger partial charge is 0.243 e. The monoisotopic (exact) mass is 180 g/mol. The second kappa shape index (κ2) is 2.73. The molecule has 0 fully saturated rings. The maximum atomic E-state index is 12.8. The molecule has 0 radical (unpaired) electrons. The van der Waals surface area contributed by atoms with Crippen LogP contribution in [0, 0.1) is 5.82 Å². The number of hydrogen-bond acceptors (Lipinski definition) is 2. The highest BCUT2D eigenvalue weighted by Gasteiger charge is 2.18. The number of halogens is 1. The molecule has 68 valence electrons. The van der Waals surface area contributed by atoms with Crippen LogP contribution in [0.1, 0.15) is 0 Å². The third-order valence-corrected chi connectivity index (χ3v) is 2.02. The van der Waals surface area contributed by atoms with E-state index < -0.39 is 0 Å². The van der Waals surface area contributed by atoms with Crippen molar-refractivity contribution in [3.63, 3.8) is 0 Å². The van der Waals surface area contributed by atoms with Crippen molar-refractivity contribution in [1.29, 1.82) is 0 Å². The minimum Gasteiger partial charge on any atom is -0.364 e. The largest absolute Gasteiger partial charge is 0.364 e. The van der Waals surface area contributed by atoms with Crippen LogP contribution in [0.3, 0.4) is 0 Å². The van der Waals surface area contributed by atoms with Gasteiger partial charge < -0.3 is 10.2 Å². The molecule has 1 heterocycles. The highest BCUT2D eigenvalue weighted by Crippen LogP contribution is 2.28. The average Bonchev–Trinajstić information content (AvgIpc) is 2.02. The van der Waals surface area contributed by atoms with Gasteiger partial charge in [0.25, 0.3) is 0 Å². The molecule has 2 rings (SSSR count). The third kappa shape index (κ3) is 1.35. The van der Waals surface area contributed by atoms with Crippen LogP contribution in [0.15, 0.2) is 18.2 Å². The molecule has 0 saturated heterocycles. The van der Waals surface area contributed by atoms with Gasteiger partial charge in [-0.15, -0.1) is 0 Å². The van der Waals surface area contributed by atoms with E-state index >= 15 is 0 Å². The Kier molecular flexibility index (Phi) is 1.69. The first-order chi connectivity index (χ1) is 6.16. The molecule has 0 aliphatic carbocycles. The summed E-state index contributed by atoms with van der Waals surface area (Å²) in [5, 5.41) is 2.61. The maximum absolute atomic E-state index is 12.8. The second-order valence-corrected chi connectivity index (χ2v) is 3.07. The molecular formula is C9H9FN2O. The molecule has 0 bridgehead atoms. The predicted molar refractivity (Wildman–Crippen MR) is 48.3 cm³/mol. The lowest BCUT2D eigenvalue weighted by Gasteiger charge is -2.26. The number of likely N-dealkylation sites (N-methyl/N-ethyl adjacent to an activating group) is 1. The molecule has 0 unspecified atom stereocenters. The van der Waals surface area contributed by atoms with Crippen LogP contribution in [-0.4, -0.2) is 19.5 Å². The van der Waals surface area contributed by atoms with Gasteiger partial charge in [-0.3, -0.25) is 4.79 Å². The van der Waals surface area contributed by atoms with Gasteiger partial charge in [-0.25, -0.2) is 4.39 Å². The Morgan fingerprint density at radius 2 is 2.31 bits per heavy atom. The average molecular weight is 180 g/mol. The predicted octanol–water partition coefficient (Wildman–Crippen LogP) is 1.21.